The van der Waals surface area contributed by atoms with E-state index < -0.39 is 0 Å². The Kier molecular flexibility index (Phi) is 4.83. The first-order valence-electron chi connectivity index (χ1n) is 7.62. The van der Waals surface area contributed by atoms with Crippen molar-refractivity contribution in [2.45, 2.75) is 25.8 Å². The smallest absolute Gasteiger partial charge is 0.231 e. The Bertz CT molecular complexity index is 474. The number of benzene rings is 1. The second-order valence-electron chi connectivity index (χ2n) is 5.59. The largest absolute Gasteiger partial charge is 0.493 e. The molecule has 0 aromatic heterocycles. The molecule has 1 heterocycles. The minimum absolute atomic E-state index is 0.290. The lowest BCUT2D eigenvalue weighted by Crippen LogP contribution is -2.21. The molecule has 1 aliphatic carbocycles. The summed E-state index contributed by atoms with van der Waals surface area (Å²) in [4.78, 5) is 0. The molecule has 5 heteroatoms. The molecule has 0 amide bonds. The van der Waals surface area contributed by atoms with Crippen LogP contribution < -0.4 is 19.5 Å². The Hall–Kier alpha value is -1.46. The first-order chi connectivity index (χ1) is 10.4. The Morgan fingerprint density at radius 1 is 1.24 bits per heavy atom. The average Bonchev–Trinajstić information content (AvgIpc) is 2.89. The van der Waals surface area contributed by atoms with Gasteiger partial charge in [-0.05, 0) is 24.8 Å². The van der Waals surface area contributed by atoms with E-state index in [9.17, 15) is 0 Å². The summed E-state index contributed by atoms with van der Waals surface area (Å²) in [5, 5.41) is 3.35. The molecule has 2 aliphatic rings. The molecule has 21 heavy (non-hydrogen) atoms. The third kappa shape index (κ3) is 3.60. The maximum absolute atomic E-state index is 6.02. The monoisotopic (exact) mass is 293 g/mol. The van der Waals surface area contributed by atoms with Crippen molar-refractivity contribution in [1.82, 2.24) is 5.32 Å². The second kappa shape index (κ2) is 7.00. The molecule has 0 spiro atoms. The van der Waals surface area contributed by atoms with Crippen LogP contribution in [0.2, 0.25) is 0 Å². The summed E-state index contributed by atoms with van der Waals surface area (Å²) in [6.45, 7) is 3.33. The molecule has 5 nitrogen and oxygen atoms in total. The molecular formula is C16H23NO4. The Morgan fingerprint density at radius 2 is 2.05 bits per heavy atom. The molecule has 1 fully saturated rings. The van der Waals surface area contributed by atoms with Gasteiger partial charge >= 0.3 is 0 Å². The van der Waals surface area contributed by atoms with E-state index in [1.807, 2.05) is 12.1 Å². The van der Waals surface area contributed by atoms with Crippen molar-refractivity contribution in [2.75, 3.05) is 33.7 Å². The fourth-order valence-corrected chi connectivity index (χ4v) is 2.50. The van der Waals surface area contributed by atoms with Crippen LogP contribution >= 0.6 is 0 Å². The minimum Gasteiger partial charge on any atom is -0.493 e. The van der Waals surface area contributed by atoms with Crippen molar-refractivity contribution >= 4 is 0 Å². The maximum Gasteiger partial charge on any atom is 0.231 e. The van der Waals surface area contributed by atoms with E-state index in [-0.39, 0.29) is 6.79 Å². The summed E-state index contributed by atoms with van der Waals surface area (Å²) >= 11 is 0. The molecule has 3 rings (SSSR count). The summed E-state index contributed by atoms with van der Waals surface area (Å²) in [6.07, 6.45) is 3.90. The van der Waals surface area contributed by atoms with Gasteiger partial charge in [0, 0.05) is 31.8 Å². The van der Waals surface area contributed by atoms with E-state index in [0.717, 1.165) is 42.5 Å². The standard InChI is InChI=1S/C16H23NO4/c1-18-6-5-17-9-13-7-15-16(21-11-20-15)8-14(13)19-10-12-3-2-4-12/h7-8,12,17H,2-6,9-11H2,1H3. The SMILES string of the molecule is COCCNCc1cc2c(cc1OCC1CCC1)OCO2. The summed E-state index contributed by atoms with van der Waals surface area (Å²) < 4.78 is 22.0. The lowest BCUT2D eigenvalue weighted by Gasteiger charge is -2.25. The maximum atomic E-state index is 6.02. The molecule has 1 aliphatic heterocycles. The van der Waals surface area contributed by atoms with Crippen molar-refractivity contribution in [2.24, 2.45) is 5.92 Å². The van der Waals surface area contributed by atoms with E-state index in [1.54, 1.807) is 7.11 Å². The molecule has 0 radical (unpaired) electrons. The van der Waals surface area contributed by atoms with E-state index >= 15 is 0 Å². The van der Waals surface area contributed by atoms with Crippen LogP contribution in [-0.2, 0) is 11.3 Å². The molecule has 1 saturated carbocycles. The average molecular weight is 293 g/mol. The number of hydrogen-bond acceptors (Lipinski definition) is 5. The Balaban J connectivity index is 1.65. The van der Waals surface area contributed by atoms with E-state index in [1.165, 1.54) is 19.3 Å². The van der Waals surface area contributed by atoms with Crippen LogP contribution in [-0.4, -0.2) is 33.7 Å². The number of hydrogen-bond donors (Lipinski definition) is 1. The molecule has 1 aromatic rings. The van der Waals surface area contributed by atoms with Crippen LogP contribution in [0.25, 0.3) is 0 Å². The van der Waals surface area contributed by atoms with Gasteiger partial charge in [-0.1, -0.05) is 6.42 Å². The minimum atomic E-state index is 0.290. The third-order valence-corrected chi connectivity index (χ3v) is 4.05. The highest BCUT2D eigenvalue weighted by Gasteiger charge is 2.21. The molecule has 0 bridgehead atoms. The lowest BCUT2D eigenvalue weighted by molar-refractivity contribution is 0.172. The van der Waals surface area contributed by atoms with Crippen LogP contribution in [0.5, 0.6) is 17.2 Å². The van der Waals surface area contributed by atoms with E-state index in [0.29, 0.717) is 12.5 Å². The highest BCUT2D eigenvalue weighted by molar-refractivity contribution is 5.51. The zero-order valence-electron chi connectivity index (χ0n) is 12.5. The fraction of sp³-hybridized carbons (Fsp3) is 0.625. The number of methoxy groups -OCH3 is 1. The first-order valence-corrected chi connectivity index (χ1v) is 7.62. The molecule has 116 valence electrons. The summed E-state index contributed by atoms with van der Waals surface area (Å²) in [5.41, 5.74) is 1.11. The van der Waals surface area contributed by atoms with Crippen LogP contribution in [0, 0.1) is 5.92 Å². The van der Waals surface area contributed by atoms with Crippen LogP contribution in [0.1, 0.15) is 24.8 Å². The second-order valence-corrected chi connectivity index (χ2v) is 5.59. The zero-order valence-corrected chi connectivity index (χ0v) is 12.5. The van der Waals surface area contributed by atoms with Crippen molar-refractivity contribution < 1.29 is 18.9 Å². The molecule has 0 unspecified atom stereocenters. The number of ether oxygens (including phenoxy) is 4. The summed E-state index contributed by atoms with van der Waals surface area (Å²) in [7, 11) is 1.70. The predicted molar refractivity (Wildman–Crippen MR) is 79.0 cm³/mol. The molecule has 0 saturated heterocycles. The molecule has 0 atom stereocenters. The number of nitrogens with one attached hydrogen (secondary N) is 1. The van der Waals surface area contributed by atoms with E-state index in [2.05, 4.69) is 5.32 Å². The normalized spacial score (nSPS) is 16.8. The molecule has 1 aromatic carbocycles. The van der Waals surface area contributed by atoms with Gasteiger partial charge in [-0.25, -0.2) is 0 Å². The predicted octanol–water partition coefficient (Wildman–Crippen LogP) is 2.33. The van der Waals surface area contributed by atoms with Crippen LogP contribution in [0.4, 0.5) is 0 Å². The first kappa shape index (κ1) is 14.5. The van der Waals surface area contributed by atoms with Gasteiger partial charge in [0.15, 0.2) is 11.5 Å². The van der Waals surface area contributed by atoms with E-state index in [4.69, 9.17) is 18.9 Å². The fourth-order valence-electron chi connectivity index (χ4n) is 2.50. The number of rotatable bonds is 8. The zero-order chi connectivity index (χ0) is 14.5. The van der Waals surface area contributed by atoms with Crippen molar-refractivity contribution in [1.29, 1.82) is 0 Å². The van der Waals surface area contributed by atoms with Crippen LogP contribution in [0.15, 0.2) is 12.1 Å². The third-order valence-electron chi connectivity index (χ3n) is 4.05. The van der Waals surface area contributed by atoms with Gasteiger partial charge in [0.2, 0.25) is 6.79 Å². The summed E-state index contributed by atoms with van der Waals surface area (Å²) in [6, 6.07) is 3.96. The van der Waals surface area contributed by atoms with Gasteiger partial charge in [-0.2, -0.15) is 0 Å². The van der Waals surface area contributed by atoms with Gasteiger partial charge in [-0.3, -0.25) is 0 Å². The Labute approximate surface area is 125 Å². The topological polar surface area (TPSA) is 49.0 Å². The van der Waals surface area contributed by atoms with Crippen molar-refractivity contribution in [3.05, 3.63) is 17.7 Å². The molecule has 1 N–H and O–H groups in total. The van der Waals surface area contributed by atoms with Crippen molar-refractivity contribution in [3.8, 4) is 17.2 Å². The lowest BCUT2D eigenvalue weighted by atomic mass is 9.86. The number of fused-ring (bicyclic) bond motifs is 1. The molecular weight excluding hydrogens is 270 g/mol. The highest BCUT2D eigenvalue weighted by atomic mass is 16.7. The van der Waals surface area contributed by atoms with Crippen molar-refractivity contribution in [3.63, 3.8) is 0 Å². The van der Waals surface area contributed by atoms with Gasteiger partial charge in [0.1, 0.15) is 5.75 Å². The van der Waals surface area contributed by atoms with Gasteiger partial charge in [0.05, 0.1) is 13.2 Å². The quantitative estimate of drug-likeness (QED) is 0.746. The highest BCUT2D eigenvalue weighted by Crippen LogP contribution is 2.38. The van der Waals surface area contributed by atoms with Gasteiger partial charge in [-0.15, -0.1) is 0 Å². The van der Waals surface area contributed by atoms with Crippen LogP contribution in [0.3, 0.4) is 0 Å². The van der Waals surface area contributed by atoms with Gasteiger partial charge in [0.25, 0.3) is 0 Å². The summed E-state index contributed by atoms with van der Waals surface area (Å²) in [5.74, 6) is 3.19. The Morgan fingerprint density at radius 3 is 2.76 bits per heavy atom. The van der Waals surface area contributed by atoms with Gasteiger partial charge < -0.3 is 24.3 Å².